The highest BCUT2D eigenvalue weighted by Gasteiger charge is 2.10. The van der Waals surface area contributed by atoms with Gasteiger partial charge in [0.15, 0.2) is 0 Å². The van der Waals surface area contributed by atoms with Gasteiger partial charge >= 0.3 is 0 Å². The van der Waals surface area contributed by atoms with Crippen molar-refractivity contribution in [2.45, 2.75) is 33.6 Å². The third-order valence-electron chi connectivity index (χ3n) is 2.79. The van der Waals surface area contributed by atoms with Crippen molar-refractivity contribution in [3.8, 4) is 0 Å². The van der Waals surface area contributed by atoms with E-state index in [1.807, 2.05) is 26.0 Å². The number of nitrogens with one attached hydrogen (secondary N) is 1. The minimum absolute atomic E-state index is 0.0756. The van der Waals surface area contributed by atoms with Gasteiger partial charge in [0.2, 0.25) is 5.91 Å². The van der Waals surface area contributed by atoms with Gasteiger partial charge in [-0.1, -0.05) is 28.9 Å². The van der Waals surface area contributed by atoms with Crippen LogP contribution in [0.5, 0.6) is 0 Å². The fourth-order valence-electron chi connectivity index (χ4n) is 1.85. The van der Waals surface area contributed by atoms with Gasteiger partial charge in [0, 0.05) is 19.0 Å². The summed E-state index contributed by atoms with van der Waals surface area (Å²) in [7, 11) is 0. The van der Waals surface area contributed by atoms with E-state index in [2.05, 4.69) is 21.2 Å². The first-order valence-corrected chi connectivity index (χ1v) is 7.07. The molecule has 1 aromatic rings. The molecule has 0 saturated heterocycles. The van der Waals surface area contributed by atoms with Crippen molar-refractivity contribution < 1.29 is 9.59 Å². The molecule has 0 atom stereocenters. The summed E-state index contributed by atoms with van der Waals surface area (Å²) >= 11 is 3.17. The number of hydrogen-bond donors (Lipinski definition) is 1. The number of Topliss-reactive ketones (excluding diaryl/α,β-unsaturated/α-hetero) is 1. The lowest BCUT2D eigenvalue weighted by Gasteiger charge is -2.13. The molecule has 4 heteroatoms. The molecule has 0 unspecified atom stereocenters. The standard InChI is InChI=1S/C14H18BrNO2/c1-4-11-6-12(7-13(18)8-15)9(2)5-14(11)16-10(3)17/h5-6H,4,7-8H2,1-3H3,(H,16,17). The average molecular weight is 312 g/mol. The molecule has 98 valence electrons. The number of rotatable bonds is 5. The van der Waals surface area contributed by atoms with E-state index in [0.717, 1.165) is 28.8 Å². The number of halogens is 1. The van der Waals surface area contributed by atoms with Crippen molar-refractivity contribution >= 4 is 33.3 Å². The second kappa shape index (κ2) is 6.69. The smallest absolute Gasteiger partial charge is 0.221 e. The molecule has 1 rings (SSSR count). The Balaban J connectivity index is 3.09. The minimum atomic E-state index is -0.0756. The van der Waals surface area contributed by atoms with Gasteiger partial charge in [0.25, 0.3) is 0 Å². The Morgan fingerprint density at radius 2 is 1.94 bits per heavy atom. The predicted octanol–water partition coefficient (Wildman–Crippen LogP) is 3.02. The lowest BCUT2D eigenvalue weighted by atomic mass is 9.98. The maximum absolute atomic E-state index is 11.5. The highest BCUT2D eigenvalue weighted by Crippen LogP contribution is 2.22. The van der Waals surface area contributed by atoms with Crippen LogP contribution in [0.1, 0.15) is 30.5 Å². The van der Waals surface area contributed by atoms with Crippen molar-refractivity contribution in [1.29, 1.82) is 0 Å². The van der Waals surface area contributed by atoms with Gasteiger partial charge in [0.1, 0.15) is 5.78 Å². The number of carbonyl (C=O) groups excluding carboxylic acids is 2. The highest BCUT2D eigenvalue weighted by molar-refractivity contribution is 9.09. The van der Waals surface area contributed by atoms with Crippen LogP contribution in [0.3, 0.4) is 0 Å². The molecule has 0 heterocycles. The molecular formula is C14H18BrNO2. The van der Waals surface area contributed by atoms with E-state index < -0.39 is 0 Å². The zero-order valence-electron chi connectivity index (χ0n) is 11.0. The average Bonchev–Trinajstić information content (AvgIpc) is 2.31. The van der Waals surface area contributed by atoms with E-state index in [1.165, 1.54) is 6.92 Å². The quantitative estimate of drug-likeness (QED) is 0.850. The Labute approximate surface area is 116 Å². The number of alkyl halides is 1. The number of ketones is 1. The van der Waals surface area contributed by atoms with E-state index >= 15 is 0 Å². The van der Waals surface area contributed by atoms with Crippen LogP contribution in [0.4, 0.5) is 5.69 Å². The van der Waals surface area contributed by atoms with Crippen LogP contribution < -0.4 is 5.32 Å². The third kappa shape index (κ3) is 3.95. The minimum Gasteiger partial charge on any atom is -0.326 e. The molecule has 0 aromatic heterocycles. The van der Waals surface area contributed by atoms with Crippen LogP contribution in [-0.2, 0) is 22.4 Å². The van der Waals surface area contributed by atoms with Crippen LogP contribution in [0.25, 0.3) is 0 Å². The number of carbonyl (C=O) groups is 2. The first-order chi connectivity index (χ1) is 8.47. The van der Waals surface area contributed by atoms with Gasteiger partial charge in [-0.05, 0) is 36.1 Å². The summed E-state index contributed by atoms with van der Waals surface area (Å²) in [5.41, 5.74) is 3.97. The summed E-state index contributed by atoms with van der Waals surface area (Å²) in [4.78, 5) is 22.6. The maximum Gasteiger partial charge on any atom is 0.221 e. The van der Waals surface area contributed by atoms with Crippen molar-refractivity contribution in [2.24, 2.45) is 0 Å². The van der Waals surface area contributed by atoms with E-state index in [0.29, 0.717) is 11.8 Å². The maximum atomic E-state index is 11.5. The fraction of sp³-hybridized carbons (Fsp3) is 0.429. The summed E-state index contributed by atoms with van der Waals surface area (Å²) < 4.78 is 0. The second-order valence-electron chi connectivity index (χ2n) is 4.32. The molecule has 1 N–H and O–H groups in total. The summed E-state index contributed by atoms with van der Waals surface area (Å²) in [6, 6.07) is 3.96. The Kier molecular flexibility index (Phi) is 5.54. The molecule has 1 aromatic carbocycles. The number of amides is 1. The van der Waals surface area contributed by atoms with Gasteiger partial charge in [-0.15, -0.1) is 0 Å². The van der Waals surface area contributed by atoms with Crippen molar-refractivity contribution in [3.05, 3.63) is 28.8 Å². The predicted molar refractivity (Wildman–Crippen MR) is 77.4 cm³/mol. The zero-order chi connectivity index (χ0) is 13.7. The van der Waals surface area contributed by atoms with Gasteiger partial charge < -0.3 is 5.32 Å². The first kappa shape index (κ1) is 14.9. The van der Waals surface area contributed by atoms with Gasteiger partial charge in [0.05, 0.1) is 5.33 Å². The lowest BCUT2D eigenvalue weighted by Crippen LogP contribution is -2.10. The summed E-state index contributed by atoms with van der Waals surface area (Å²) in [5.74, 6) is 0.0841. The van der Waals surface area contributed by atoms with Crippen LogP contribution >= 0.6 is 15.9 Å². The molecule has 0 spiro atoms. The van der Waals surface area contributed by atoms with Crippen molar-refractivity contribution in [1.82, 2.24) is 0 Å². The Morgan fingerprint density at radius 1 is 1.28 bits per heavy atom. The molecule has 18 heavy (non-hydrogen) atoms. The number of anilines is 1. The molecule has 0 bridgehead atoms. The van der Waals surface area contributed by atoms with E-state index in [4.69, 9.17) is 0 Å². The van der Waals surface area contributed by atoms with Gasteiger partial charge in [-0.3, -0.25) is 9.59 Å². The fourth-order valence-corrected chi connectivity index (χ4v) is 2.05. The molecule has 3 nitrogen and oxygen atoms in total. The third-order valence-corrected chi connectivity index (χ3v) is 3.42. The van der Waals surface area contributed by atoms with E-state index in [-0.39, 0.29) is 11.7 Å². The van der Waals surface area contributed by atoms with Crippen molar-refractivity contribution in [3.63, 3.8) is 0 Å². The second-order valence-corrected chi connectivity index (χ2v) is 4.88. The van der Waals surface area contributed by atoms with Crippen LogP contribution in [0.15, 0.2) is 12.1 Å². The van der Waals surface area contributed by atoms with Gasteiger partial charge in [-0.2, -0.15) is 0 Å². The number of benzene rings is 1. The highest BCUT2D eigenvalue weighted by atomic mass is 79.9. The topological polar surface area (TPSA) is 46.2 Å². The summed E-state index contributed by atoms with van der Waals surface area (Å²) in [6.07, 6.45) is 1.26. The van der Waals surface area contributed by atoms with Crippen molar-refractivity contribution in [2.75, 3.05) is 10.6 Å². The molecule has 0 fully saturated rings. The molecule has 0 aliphatic carbocycles. The van der Waals surface area contributed by atoms with Crippen LogP contribution in [0, 0.1) is 6.92 Å². The number of aryl methyl sites for hydroxylation is 2. The molecule has 1 amide bonds. The SMILES string of the molecule is CCc1cc(CC(=O)CBr)c(C)cc1NC(C)=O. The molecule has 0 radical (unpaired) electrons. The zero-order valence-corrected chi connectivity index (χ0v) is 12.6. The van der Waals surface area contributed by atoms with Gasteiger partial charge in [-0.25, -0.2) is 0 Å². The Morgan fingerprint density at radius 3 is 2.44 bits per heavy atom. The Bertz CT molecular complexity index is 469. The van der Waals surface area contributed by atoms with E-state index in [1.54, 1.807) is 0 Å². The first-order valence-electron chi connectivity index (χ1n) is 5.95. The molecule has 0 aliphatic rings. The van der Waals surface area contributed by atoms with Crippen LogP contribution in [0.2, 0.25) is 0 Å². The molecule has 0 aliphatic heterocycles. The largest absolute Gasteiger partial charge is 0.326 e. The normalized spacial score (nSPS) is 10.2. The van der Waals surface area contributed by atoms with E-state index in [9.17, 15) is 9.59 Å². The monoisotopic (exact) mass is 311 g/mol. The number of hydrogen-bond acceptors (Lipinski definition) is 2. The summed E-state index contributed by atoms with van der Waals surface area (Å²) in [6.45, 7) is 5.49. The Hall–Kier alpha value is -1.16. The summed E-state index contributed by atoms with van der Waals surface area (Å²) in [5, 5.41) is 3.20. The lowest BCUT2D eigenvalue weighted by molar-refractivity contribution is -0.116. The molecular weight excluding hydrogens is 294 g/mol. The van der Waals surface area contributed by atoms with Crippen LogP contribution in [-0.4, -0.2) is 17.0 Å². The molecule has 0 saturated carbocycles.